The van der Waals surface area contributed by atoms with Crippen LogP contribution in [0.4, 0.5) is 0 Å². The molecule has 1 unspecified atom stereocenters. The van der Waals surface area contributed by atoms with Gasteiger partial charge in [-0.2, -0.15) is 0 Å². The van der Waals surface area contributed by atoms with Crippen molar-refractivity contribution in [1.82, 2.24) is 0 Å². The zero-order valence-corrected chi connectivity index (χ0v) is 13.4. The maximum absolute atomic E-state index is 10.6. The summed E-state index contributed by atoms with van der Waals surface area (Å²) in [7, 11) is 0. The van der Waals surface area contributed by atoms with Gasteiger partial charge in [0.25, 0.3) is 0 Å². The molecule has 1 N–H and O–H groups in total. The van der Waals surface area contributed by atoms with E-state index in [1.54, 1.807) is 19.1 Å². The van der Waals surface area contributed by atoms with Crippen molar-refractivity contribution < 1.29 is 5.11 Å². The highest BCUT2D eigenvalue weighted by molar-refractivity contribution is 9.10. The van der Waals surface area contributed by atoms with Gasteiger partial charge in [0.2, 0.25) is 0 Å². The molecule has 0 aliphatic carbocycles. The lowest BCUT2D eigenvalue weighted by Crippen LogP contribution is -2.24. The van der Waals surface area contributed by atoms with Crippen LogP contribution in [0.15, 0.2) is 46.9 Å². The molecule has 0 fully saturated rings. The van der Waals surface area contributed by atoms with Gasteiger partial charge in [-0.1, -0.05) is 57.3 Å². The van der Waals surface area contributed by atoms with Gasteiger partial charge >= 0.3 is 0 Å². The summed E-state index contributed by atoms with van der Waals surface area (Å²) >= 11 is 15.4. The molecule has 0 aliphatic heterocycles. The summed E-state index contributed by atoms with van der Waals surface area (Å²) in [5.41, 5.74) is 0.739. The Hall–Kier alpha value is -0.540. The first-order chi connectivity index (χ1) is 8.88. The highest BCUT2D eigenvalue weighted by atomic mass is 79.9. The number of halogens is 3. The Kier molecular flexibility index (Phi) is 4.57. The largest absolute Gasteiger partial charge is 0.385 e. The highest BCUT2D eigenvalue weighted by Gasteiger charge is 2.24. The molecule has 1 atom stereocenters. The molecule has 2 aromatic carbocycles. The van der Waals surface area contributed by atoms with E-state index in [0.29, 0.717) is 16.5 Å². The molecule has 100 valence electrons. The molecule has 0 amide bonds. The average molecular weight is 360 g/mol. The summed E-state index contributed by atoms with van der Waals surface area (Å²) < 4.78 is 0.924. The van der Waals surface area contributed by atoms with E-state index in [1.165, 1.54) is 0 Å². The molecule has 0 saturated carbocycles. The smallest absolute Gasteiger partial charge is 0.0909 e. The lowest BCUT2D eigenvalue weighted by molar-refractivity contribution is 0.0576. The second-order valence-electron chi connectivity index (χ2n) is 4.69. The van der Waals surface area contributed by atoms with Gasteiger partial charge < -0.3 is 5.11 Å². The Morgan fingerprint density at radius 1 is 1.11 bits per heavy atom. The third-order valence-corrected chi connectivity index (χ3v) is 4.11. The van der Waals surface area contributed by atoms with E-state index < -0.39 is 5.60 Å². The Labute approximate surface area is 131 Å². The summed E-state index contributed by atoms with van der Waals surface area (Å²) in [6.45, 7) is 1.77. The monoisotopic (exact) mass is 358 g/mol. The van der Waals surface area contributed by atoms with Crippen LogP contribution in [-0.2, 0) is 12.0 Å². The Morgan fingerprint density at radius 2 is 1.74 bits per heavy atom. The normalized spacial score (nSPS) is 14.2. The van der Waals surface area contributed by atoms with E-state index in [9.17, 15) is 5.11 Å². The van der Waals surface area contributed by atoms with Crippen molar-refractivity contribution >= 4 is 39.1 Å². The SMILES string of the molecule is CC(O)(Cc1ccc(Br)cc1Cl)c1ccc(Cl)cc1. The van der Waals surface area contributed by atoms with Gasteiger partial charge in [-0.25, -0.2) is 0 Å². The second kappa shape index (κ2) is 5.84. The van der Waals surface area contributed by atoms with Crippen LogP contribution < -0.4 is 0 Å². The topological polar surface area (TPSA) is 20.2 Å². The molecule has 0 saturated heterocycles. The Morgan fingerprint density at radius 3 is 2.32 bits per heavy atom. The molecule has 0 aromatic heterocycles. The third kappa shape index (κ3) is 3.73. The van der Waals surface area contributed by atoms with Crippen molar-refractivity contribution in [1.29, 1.82) is 0 Å². The molecule has 0 spiro atoms. The second-order valence-corrected chi connectivity index (χ2v) is 6.45. The molecule has 1 nitrogen and oxygen atoms in total. The van der Waals surface area contributed by atoms with Crippen LogP contribution in [0.3, 0.4) is 0 Å². The van der Waals surface area contributed by atoms with Crippen molar-refractivity contribution in [3.63, 3.8) is 0 Å². The molecular formula is C15H13BrCl2O. The molecule has 0 aliphatic rings. The number of hydrogen-bond donors (Lipinski definition) is 1. The molecule has 2 aromatic rings. The van der Waals surface area contributed by atoms with E-state index in [0.717, 1.165) is 15.6 Å². The Bertz CT molecular complexity index is 579. The highest BCUT2D eigenvalue weighted by Crippen LogP contribution is 2.30. The summed E-state index contributed by atoms with van der Waals surface area (Å²) in [4.78, 5) is 0. The third-order valence-electron chi connectivity index (χ3n) is 3.02. The van der Waals surface area contributed by atoms with Crippen molar-refractivity contribution in [2.24, 2.45) is 0 Å². The molecule has 4 heteroatoms. The van der Waals surface area contributed by atoms with E-state index >= 15 is 0 Å². The van der Waals surface area contributed by atoms with E-state index in [1.807, 2.05) is 30.3 Å². The number of benzene rings is 2. The summed E-state index contributed by atoms with van der Waals surface area (Å²) in [5.74, 6) is 0. The maximum Gasteiger partial charge on any atom is 0.0909 e. The van der Waals surface area contributed by atoms with Crippen LogP contribution >= 0.6 is 39.1 Å². The fourth-order valence-corrected chi connectivity index (χ4v) is 2.81. The van der Waals surface area contributed by atoms with Gasteiger partial charge in [-0.05, 0) is 42.3 Å². The minimum absolute atomic E-state index is 0.445. The fraction of sp³-hybridized carbons (Fsp3) is 0.200. The van der Waals surface area contributed by atoms with Crippen LogP contribution in [0, 0.1) is 0 Å². The van der Waals surface area contributed by atoms with E-state index in [-0.39, 0.29) is 0 Å². The first-order valence-electron chi connectivity index (χ1n) is 5.81. The predicted molar refractivity (Wildman–Crippen MR) is 83.9 cm³/mol. The zero-order chi connectivity index (χ0) is 14.0. The van der Waals surface area contributed by atoms with Crippen molar-refractivity contribution in [3.8, 4) is 0 Å². The van der Waals surface area contributed by atoms with Crippen molar-refractivity contribution in [2.45, 2.75) is 18.9 Å². The predicted octanol–water partition coefficient (Wildman–Crippen LogP) is 5.21. The number of aliphatic hydroxyl groups is 1. The van der Waals surface area contributed by atoms with Gasteiger partial charge in [0, 0.05) is 20.9 Å². The van der Waals surface area contributed by atoms with Crippen LogP contribution in [0.2, 0.25) is 10.0 Å². The maximum atomic E-state index is 10.6. The molecule has 0 heterocycles. The summed E-state index contributed by atoms with van der Waals surface area (Å²) in [5, 5.41) is 11.9. The summed E-state index contributed by atoms with van der Waals surface area (Å²) in [6, 6.07) is 12.9. The molecule has 2 rings (SSSR count). The van der Waals surface area contributed by atoms with Gasteiger partial charge in [0.05, 0.1) is 5.60 Å². The molecular weight excluding hydrogens is 347 g/mol. The average Bonchev–Trinajstić information content (AvgIpc) is 2.33. The van der Waals surface area contributed by atoms with Crippen LogP contribution in [0.25, 0.3) is 0 Å². The van der Waals surface area contributed by atoms with E-state index in [4.69, 9.17) is 23.2 Å². The van der Waals surface area contributed by atoms with Crippen LogP contribution in [-0.4, -0.2) is 5.11 Å². The first-order valence-corrected chi connectivity index (χ1v) is 7.36. The summed E-state index contributed by atoms with van der Waals surface area (Å²) in [6.07, 6.45) is 0.445. The number of hydrogen-bond acceptors (Lipinski definition) is 1. The van der Waals surface area contributed by atoms with Crippen molar-refractivity contribution in [3.05, 3.63) is 68.1 Å². The minimum atomic E-state index is -0.984. The van der Waals surface area contributed by atoms with E-state index in [2.05, 4.69) is 15.9 Å². The number of rotatable bonds is 3. The quantitative estimate of drug-likeness (QED) is 0.797. The first kappa shape index (κ1) is 14.9. The standard InChI is InChI=1S/C15H13BrCl2O/c1-15(19,11-3-6-13(17)7-4-11)9-10-2-5-12(16)8-14(10)18/h2-8,19H,9H2,1H3. The lowest BCUT2D eigenvalue weighted by Gasteiger charge is -2.24. The lowest BCUT2D eigenvalue weighted by atomic mass is 9.89. The molecule has 0 radical (unpaired) electrons. The van der Waals surface area contributed by atoms with Crippen LogP contribution in [0.5, 0.6) is 0 Å². The molecule has 0 bridgehead atoms. The van der Waals surface area contributed by atoms with Gasteiger partial charge in [-0.15, -0.1) is 0 Å². The van der Waals surface area contributed by atoms with Gasteiger partial charge in [0.15, 0.2) is 0 Å². The Balaban J connectivity index is 2.27. The van der Waals surface area contributed by atoms with Crippen LogP contribution in [0.1, 0.15) is 18.1 Å². The van der Waals surface area contributed by atoms with Crippen molar-refractivity contribution in [2.75, 3.05) is 0 Å². The minimum Gasteiger partial charge on any atom is -0.385 e. The van der Waals surface area contributed by atoms with Gasteiger partial charge in [0.1, 0.15) is 0 Å². The van der Waals surface area contributed by atoms with Gasteiger partial charge in [-0.3, -0.25) is 0 Å². The zero-order valence-electron chi connectivity index (χ0n) is 10.3. The molecule has 19 heavy (non-hydrogen) atoms. The fourth-order valence-electron chi connectivity index (χ4n) is 1.95.